The Morgan fingerprint density at radius 3 is 2.24 bits per heavy atom. The number of carbonyl (C=O) groups is 1. The average molecular weight is 256 g/mol. The smallest absolute Gasteiger partial charge is 0.407 e. The van der Waals surface area contributed by atoms with E-state index in [9.17, 15) is 18.0 Å². The lowest BCUT2D eigenvalue weighted by atomic mass is 10.1. The van der Waals surface area contributed by atoms with Crippen LogP contribution in [0.2, 0.25) is 0 Å². The highest BCUT2D eigenvalue weighted by atomic mass is 19.4. The molecule has 0 aromatic heterocycles. The molecule has 7 heteroatoms. The number of ether oxygens (including phenoxy) is 1. The number of alkyl carbamates (subject to hydrolysis) is 1. The molecule has 0 aromatic carbocycles. The second kappa shape index (κ2) is 6.09. The maximum atomic E-state index is 12.1. The number of alkyl halides is 3. The first-order valence-electron chi connectivity index (χ1n) is 5.27. The second-order valence-corrected chi connectivity index (χ2v) is 4.80. The summed E-state index contributed by atoms with van der Waals surface area (Å²) in [5.41, 5.74) is 4.53. The van der Waals surface area contributed by atoms with Gasteiger partial charge < -0.3 is 15.8 Å². The van der Waals surface area contributed by atoms with Gasteiger partial charge in [0.1, 0.15) is 5.60 Å². The van der Waals surface area contributed by atoms with Crippen LogP contribution in [-0.2, 0) is 4.74 Å². The molecule has 0 heterocycles. The van der Waals surface area contributed by atoms with Gasteiger partial charge in [0.15, 0.2) is 0 Å². The van der Waals surface area contributed by atoms with E-state index in [1.807, 2.05) is 0 Å². The summed E-state index contributed by atoms with van der Waals surface area (Å²) in [5, 5.41) is 2.27. The quantitative estimate of drug-likeness (QED) is 0.809. The Morgan fingerprint density at radius 2 is 1.88 bits per heavy atom. The summed E-state index contributed by atoms with van der Waals surface area (Å²) < 4.78 is 41.2. The minimum absolute atomic E-state index is 0.144. The molecular weight excluding hydrogens is 237 g/mol. The van der Waals surface area contributed by atoms with Gasteiger partial charge in [0.2, 0.25) is 0 Å². The molecule has 3 N–H and O–H groups in total. The van der Waals surface area contributed by atoms with Crippen molar-refractivity contribution in [1.29, 1.82) is 0 Å². The molecular formula is C10H19F3N2O2. The van der Waals surface area contributed by atoms with Gasteiger partial charge in [-0.3, -0.25) is 0 Å². The van der Waals surface area contributed by atoms with Gasteiger partial charge in [-0.2, -0.15) is 13.2 Å². The number of hydrogen-bond acceptors (Lipinski definition) is 3. The molecule has 0 aliphatic carbocycles. The minimum atomic E-state index is -4.28. The number of halogens is 3. The number of carbonyl (C=O) groups excluding carboxylic acids is 1. The summed E-state index contributed by atoms with van der Waals surface area (Å²) in [7, 11) is 0. The Bertz CT molecular complexity index is 249. The lowest BCUT2D eigenvalue weighted by Crippen LogP contribution is -2.38. The normalized spacial score (nSPS) is 14.3. The Balaban J connectivity index is 4.03. The van der Waals surface area contributed by atoms with Crippen molar-refractivity contribution in [2.24, 2.45) is 11.7 Å². The van der Waals surface area contributed by atoms with E-state index in [1.54, 1.807) is 20.8 Å². The number of rotatable bonds is 4. The third kappa shape index (κ3) is 9.92. The molecule has 4 nitrogen and oxygen atoms in total. The highest BCUT2D eigenvalue weighted by Crippen LogP contribution is 2.24. The predicted molar refractivity (Wildman–Crippen MR) is 57.5 cm³/mol. The van der Waals surface area contributed by atoms with E-state index in [0.29, 0.717) is 0 Å². The summed E-state index contributed by atoms with van der Waals surface area (Å²) in [6.07, 6.45) is -6.03. The topological polar surface area (TPSA) is 64.3 Å². The monoisotopic (exact) mass is 256 g/mol. The van der Waals surface area contributed by atoms with Crippen LogP contribution in [0.3, 0.4) is 0 Å². The van der Waals surface area contributed by atoms with E-state index in [4.69, 9.17) is 10.5 Å². The van der Waals surface area contributed by atoms with Crippen molar-refractivity contribution < 1.29 is 22.7 Å². The molecule has 0 rings (SSSR count). The minimum Gasteiger partial charge on any atom is -0.444 e. The van der Waals surface area contributed by atoms with Crippen molar-refractivity contribution >= 4 is 6.09 Å². The molecule has 0 fully saturated rings. The summed E-state index contributed by atoms with van der Waals surface area (Å²) in [6, 6.07) is 0. The van der Waals surface area contributed by atoms with Gasteiger partial charge in [-0.25, -0.2) is 4.79 Å². The van der Waals surface area contributed by atoms with Crippen LogP contribution in [-0.4, -0.2) is 31.0 Å². The molecule has 0 aliphatic heterocycles. The zero-order valence-corrected chi connectivity index (χ0v) is 10.2. The van der Waals surface area contributed by atoms with E-state index >= 15 is 0 Å². The summed E-state index contributed by atoms with van der Waals surface area (Å²) >= 11 is 0. The largest absolute Gasteiger partial charge is 0.444 e. The molecule has 0 saturated carbocycles. The molecule has 0 bridgehead atoms. The number of amides is 1. The zero-order chi connectivity index (χ0) is 13.7. The van der Waals surface area contributed by atoms with Crippen LogP contribution in [0.25, 0.3) is 0 Å². The molecule has 1 atom stereocenters. The fraction of sp³-hybridized carbons (Fsp3) is 0.900. The summed E-state index contributed by atoms with van der Waals surface area (Å²) in [5.74, 6) is -0.831. The van der Waals surface area contributed by atoms with Crippen LogP contribution in [0, 0.1) is 5.92 Å². The van der Waals surface area contributed by atoms with Crippen LogP contribution < -0.4 is 11.1 Å². The van der Waals surface area contributed by atoms with Gasteiger partial charge in [0.05, 0.1) is 0 Å². The van der Waals surface area contributed by atoms with Gasteiger partial charge in [-0.1, -0.05) is 0 Å². The van der Waals surface area contributed by atoms with Crippen LogP contribution in [0.15, 0.2) is 0 Å². The van der Waals surface area contributed by atoms with Crippen molar-refractivity contribution in [3.05, 3.63) is 0 Å². The predicted octanol–water partition coefficient (Wildman–Crippen LogP) is 2.04. The molecule has 1 amide bonds. The third-order valence-electron chi connectivity index (χ3n) is 1.79. The van der Waals surface area contributed by atoms with Gasteiger partial charge in [-0.05, 0) is 33.2 Å². The van der Waals surface area contributed by atoms with Gasteiger partial charge >= 0.3 is 12.3 Å². The van der Waals surface area contributed by atoms with Gasteiger partial charge in [0.25, 0.3) is 0 Å². The van der Waals surface area contributed by atoms with Crippen molar-refractivity contribution in [3.8, 4) is 0 Å². The molecule has 0 radical (unpaired) electrons. The van der Waals surface area contributed by atoms with Crippen LogP contribution >= 0.6 is 0 Å². The van der Waals surface area contributed by atoms with Crippen molar-refractivity contribution in [2.75, 3.05) is 13.1 Å². The highest BCUT2D eigenvalue weighted by molar-refractivity contribution is 5.67. The fourth-order valence-electron chi connectivity index (χ4n) is 1.11. The molecule has 0 aliphatic rings. The fourth-order valence-corrected chi connectivity index (χ4v) is 1.11. The molecule has 102 valence electrons. The second-order valence-electron chi connectivity index (χ2n) is 4.80. The van der Waals surface area contributed by atoms with E-state index in [1.165, 1.54) is 0 Å². The lowest BCUT2D eigenvalue weighted by molar-refractivity contribution is -0.143. The first-order valence-corrected chi connectivity index (χ1v) is 5.27. The lowest BCUT2D eigenvalue weighted by Gasteiger charge is -2.22. The molecule has 0 saturated heterocycles. The number of hydrogen-bond donors (Lipinski definition) is 2. The standard InChI is InChI=1S/C10H19F3N2O2/c1-9(2,3)17-8(16)15-6-7(5-14)4-10(11,12)13/h7H,4-6,14H2,1-3H3,(H,15,16). The molecule has 1 unspecified atom stereocenters. The van der Waals surface area contributed by atoms with E-state index in [-0.39, 0.29) is 13.1 Å². The maximum absolute atomic E-state index is 12.1. The van der Waals surface area contributed by atoms with E-state index in [0.717, 1.165) is 0 Å². The maximum Gasteiger partial charge on any atom is 0.407 e. The molecule has 17 heavy (non-hydrogen) atoms. The van der Waals surface area contributed by atoms with Gasteiger partial charge in [-0.15, -0.1) is 0 Å². The Kier molecular flexibility index (Phi) is 5.74. The van der Waals surface area contributed by atoms with Crippen molar-refractivity contribution in [3.63, 3.8) is 0 Å². The van der Waals surface area contributed by atoms with E-state index < -0.39 is 30.2 Å². The number of nitrogens with two attached hydrogens (primary N) is 1. The molecule has 0 aromatic rings. The first-order chi connectivity index (χ1) is 7.53. The van der Waals surface area contributed by atoms with Crippen molar-refractivity contribution in [2.45, 2.75) is 39.0 Å². The summed E-state index contributed by atoms with van der Waals surface area (Å²) in [6.45, 7) is 4.72. The van der Waals surface area contributed by atoms with E-state index in [2.05, 4.69) is 5.32 Å². The highest BCUT2D eigenvalue weighted by Gasteiger charge is 2.31. The first kappa shape index (κ1) is 16.0. The van der Waals surface area contributed by atoms with Crippen molar-refractivity contribution in [1.82, 2.24) is 5.32 Å². The van der Waals surface area contributed by atoms with Crippen LogP contribution in [0.1, 0.15) is 27.2 Å². The zero-order valence-electron chi connectivity index (χ0n) is 10.2. The average Bonchev–Trinajstić information content (AvgIpc) is 2.07. The Labute approximate surface area is 98.7 Å². The SMILES string of the molecule is CC(C)(C)OC(=O)NCC(CN)CC(F)(F)F. The Hall–Kier alpha value is -0.980. The third-order valence-corrected chi connectivity index (χ3v) is 1.79. The Morgan fingerprint density at radius 1 is 1.35 bits per heavy atom. The van der Waals surface area contributed by atoms with Crippen LogP contribution in [0.4, 0.5) is 18.0 Å². The van der Waals surface area contributed by atoms with Crippen LogP contribution in [0.5, 0.6) is 0 Å². The number of nitrogens with one attached hydrogen (secondary N) is 1. The molecule has 0 spiro atoms. The van der Waals surface area contributed by atoms with Gasteiger partial charge in [0, 0.05) is 13.0 Å². The summed E-state index contributed by atoms with van der Waals surface area (Å²) in [4.78, 5) is 11.2.